The van der Waals surface area contributed by atoms with Crippen LogP contribution in [0, 0.1) is 12.8 Å². The molecular formula is C25H26ClN5O2S. The molecule has 1 fully saturated rings. The van der Waals surface area contributed by atoms with E-state index in [-0.39, 0.29) is 11.8 Å². The molecule has 1 aliphatic rings. The van der Waals surface area contributed by atoms with Gasteiger partial charge in [0.1, 0.15) is 5.75 Å². The summed E-state index contributed by atoms with van der Waals surface area (Å²) in [7, 11) is 1.65. The fourth-order valence-electron chi connectivity index (χ4n) is 4.31. The first-order chi connectivity index (χ1) is 16.5. The maximum Gasteiger partial charge on any atom is 0.225 e. The summed E-state index contributed by atoms with van der Waals surface area (Å²) >= 11 is 7.70. The van der Waals surface area contributed by atoms with Crippen LogP contribution in [-0.4, -0.2) is 40.9 Å². The molecule has 1 saturated heterocycles. The summed E-state index contributed by atoms with van der Waals surface area (Å²) in [4.78, 5) is 20.1. The third kappa shape index (κ3) is 4.60. The predicted molar refractivity (Wildman–Crippen MR) is 136 cm³/mol. The zero-order valence-electron chi connectivity index (χ0n) is 19.1. The molecule has 2 aromatic heterocycles. The van der Waals surface area contributed by atoms with Crippen molar-refractivity contribution in [2.45, 2.75) is 26.3 Å². The largest absolute Gasteiger partial charge is 0.497 e. The molecule has 5 rings (SSSR count). The van der Waals surface area contributed by atoms with Gasteiger partial charge in [0.2, 0.25) is 5.91 Å². The minimum absolute atomic E-state index is 0.0702. The molecule has 0 spiro atoms. The number of carbonyl (C=O) groups excluding carboxylic acids is 1. The van der Waals surface area contributed by atoms with Gasteiger partial charge in [0, 0.05) is 24.7 Å². The Bertz CT molecular complexity index is 1320. The number of amides is 1. The van der Waals surface area contributed by atoms with Gasteiger partial charge < -0.3 is 15.0 Å². The summed E-state index contributed by atoms with van der Waals surface area (Å²) in [5.74, 6) is 0.807. The maximum atomic E-state index is 12.9. The molecule has 2 aromatic carbocycles. The highest BCUT2D eigenvalue weighted by Crippen LogP contribution is 2.34. The first-order valence-electron chi connectivity index (χ1n) is 11.3. The number of aromatic nitrogens is 3. The van der Waals surface area contributed by atoms with Crippen LogP contribution in [-0.2, 0) is 11.3 Å². The van der Waals surface area contributed by atoms with Crippen molar-refractivity contribution in [3.63, 3.8) is 0 Å². The van der Waals surface area contributed by atoms with Gasteiger partial charge in [-0.3, -0.25) is 4.79 Å². The quantitative estimate of drug-likeness (QED) is 0.408. The van der Waals surface area contributed by atoms with Gasteiger partial charge >= 0.3 is 0 Å². The monoisotopic (exact) mass is 495 g/mol. The second kappa shape index (κ2) is 9.64. The number of nitrogens with one attached hydrogen (secondary N) is 1. The van der Waals surface area contributed by atoms with E-state index in [0.717, 1.165) is 57.6 Å². The summed E-state index contributed by atoms with van der Waals surface area (Å²) in [6.45, 7) is 4.04. The lowest BCUT2D eigenvalue weighted by atomic mass is 9.97. The number of ether oxygens (including phenoxy) is 1. The highest BCUT2D eigenvalue weighted by molar-refractivity contribution is 7.22. The smallest absolute Gasteiger partial charge is 0.225 e. The fraction of sp³-hybridized carbons (Fsp3) is 0.320. The van der Waals surface area contributed by atoms with Gasteiger partial charge in [0.05, 0.1) is 29.1 Å². The Labute approximate surface area is 207 Å². The topological polar surface area (TPSA) is 72.3 Å². The number of anilines is 1. The number of thiazole rings is 1. The standard InChI is InChI=1S/C25H26ClN5O2S/c1-16-22-23(31(29-16)20-8-10-21(33-2)11-9-20)28-25(34-22)30-12-4-6-18(15-30)24(32)27-14-17-5-3-7-19(26)13-17/h3,5,7-11,13,18H,4,6,12,14-15H2,1-2H3,(H,27,32). The number of hydrogen-bond donors (Lipinski definition) is 1. The predicted octanol–water partition coefficient (Wildman–Crippen LogP) is 4.99. The van der Waals surface area contributed by atoms with Gasteiger partial charge in [-0.05, 0) is 61.7 Å². The molecule has 176 valence electrons. The van der Waals surface area contributed by atoms with Gasteiger partial charge in [-0.2, -0.15) is 10.1 Å². The molecule has 7 nitrogen and oxygen atoms in total. The average Bonchev–Trinajstić information content (AvgIpc) is 3.43. The fourth-order valence-corrected chi connectivity index (χ4v) is 5.54. The van der Waals surface area contributed by atoms with Crippen molar-refractivity contribution in [1.82, 2.24) is 20.1 Å². The lowest BCUT2D eigenvalue weighted by molar-refractivity contribution is -0.125. The lowest BCUT2D eigenvalue weighted by Gasteiger charge is -2.31. The highest BCUT2D eigenvalue weighted by atomic mass is 35.5. The number of piperidine rings is 1. The number of hydrogen-bond acceptors (Lipinski definition) is 6. The Kier molecular flexibility index (Phi) is 6.43. The van der Waals surface area contributed by atoms with Gasteiger partial charge in [0.25, 0.3) is 0 Å². The molecule has 1 unspecified atom stereocenters. The van der Waals surface area contributed by atoms with Crippen LogP contribution in [0.2, 0.25) is 5.02 Å². The summed E-state index contributed by atoms with van der Waals surface area (Å²) < 4.78 is 8.22. The summed E-state index contributed by atoms with van der Waals surface area (Å²) in [5, 5.41) is 9.38. The number of methoxy groups -OCH3 is 1. The minimum Gasteiger partial charge on any atom is -0.497 e. The molecule has 3 heterocycles. The molecule has 0 aliphatic carbocycles. The van der Waals surface area contributed by atoms with Crippen molar-refractivity contribution in [3.05, 3.63) is 64.8 Å². The van der Waals surface area contributed by atoms with E-state index in [0.29, 0.717) is 18.1 Å². The molecule has 1 aliphatic heterocycles. The van der Waals surface area contributed by atoms with E-state index in [1.807, 2.05) is 60.1 Å². The van der Waals surface area contributed by atoms with Crippen LogP contribution in [0.3, 0.4) is 0 Å². The molecule has 34 heavy (non-hydrogen) atoms. The molecule has 4 aromatic rings. The number of nitrogens with zero attached hydrogens (tertiary/aromatic N) is 4. The normalized spacial score (nSPS) is 16.1. The minimum atomic E-state index is -0.0702. The maximum absolute atomic E-state index is 12.9. The molecule has 1 N–H and O–H groups in total. The first kappa shape index (κ1) is 22.7. The zero-order valence-corrected chi connectivity index (χ0v) is 20.7. The van der Waals surface area contributed by atoms with E-state index < -0.39 is 0 Å². The Morgan fingerprint density at radius 1 is 1.26 bits per heavy atom. The number of fused-ring (bicyclic) bond motifs is 1. The number of halogens is 1. The third-order valence-corrected chi connectivity index (χ3v) is 7.56. The number of aryl methyl sites for hydroxylation is 1. The second-order valence-corrected chi connectivity index (χ2v) is 9.89. The first-order valence-corrected chi connectivity index (χ1v) is 12.5. The van der Waals surface area contributed by atoms with Crippen LogP contribution in [0.4, 0.5) is 5.13 Å². The highest BCUT2D eigenvalue weighted by Gasteiger charge is 2.28. The zero-order chi connectivity index (χ0) is 23.7. The molecule has 9 heteroatoms. The van der Waals surface area contributed by atoms with Gasteiger partial charge in [0.15, 0.2) is 10.8 Å². The van der Waals surface area contributed by atoms with Crippen LogP contribution in [0.15, 0.2) is 48.5 Å². The summed E-state index contributed by atoms with van der Waals surface area (Å²) in [6.07, 6.45) is 1.83. The van der Waals surface area contributed by atoms with Crippen LogP contribution in [0.5, 0.6) is 5.75 Å². The number of benzene rings is 2. The Balaban J connectivity index is 1.31. The van der Waals surface area contributed by atoms with E-state index in [9.17, 15) is 4.79 Å². The SMILES string of the molecule is COc1ccc(-n2nc(C)c3sc(N4CCCC(C(=O)NCc5cccc(Cl)c5)C4)nc32)cc1. The molecular weight excluding hydrogens is 470 g/mol. The van der Waals surface area contributed by atoms with Crippen molar-refractivity contribution in [2.24, 2.45) is 5.92 Å². The van der Waals surface area contributed by atoms with Gasteiger partial charge in [-0.15, -0.1) is 0 Å². The van der Waals surface area contributed by atoms with Crippen molar-refractivity contribution < 1.29 is 9.53 Å². The second-order valence-electron chi connectivity index (χ2n) is 8.48. The Morgan fingerprint density at radius 3 is 2.85 bits per heavy atom. The van der Waals surface area contributed by atoms with Gasteiger partial charge in [-0.25, -0.2) is 4.68 Å². The van der Waals surface area contributed by atoms with E-state index >= 15 is 0 Å². The molecule has 0 saturated carbocycles. The van der Waals surface area contributed by atoms with Crippen molar-refractivity contribution in [1.29, 1.82) is 0 Å². The van der Waals surface area contributed by atoms with Gasteiger partial charge in [-0.1, -0.05) is 35.1 Å². The number of rotatable bonds is 6. The number of carbonyl (C=O) groups is 1. The van der Waals surface area contributed by atoms with Crippen LogP contribution >= 0.6 is 22.9 Å². The van der Waals surface area contributed by atoms with Crippen molar-refractivity contribution in [2.75, 3.05) is 25.1 Å². The lowest BCUT2D eigenvalue weighted by Crippen LogP contribution is -2.43. The van der Waals surface area contributed by atoms with Crippen molar-refractivity contribution >= 4 is 44.3 Å². The molecule has 0 radical (unpaired) electrons. The van der Waals surface area contributed by atoms with E-state index in [2.05, 4.69) is 10.2 Å². The van der Waals surface area contributed by atoms with E-state index in [1.165, 1.54) is 0 Å². The Hall–Kier alpha value is -3.10. The van der Waals surface area contributed by atoms with Crippen LogP contribution in [0.1, 0.15) is 24.1 Å². The molecule has 1 atom stereocenters. The Morgan fingerprint density at radius 2 is 2.09 bits per heavy atom. The third-order valence-electron chi connectivity index (χ3n) is 6.11. The van der Waals surface area contributed by atoms with E-state index in [4.69, 9.17) is 26.4 Å². The van der Waals surface area contributed by atoms with E-state index in [1.54, 1.807) is 18.4 Å². The summed E-state index contributed by atoms with van der Waals surface area (Å²) in [6, 6.07) is 15.4. The van der Waals surface area contributed by atoms with Crippen LogP contribution in [0.25, 0.3) is 16.0 Å². The molecule has 1 amide bonds. The average molecular weight is 496 g/mol. The summed E-state index contributed by atoms with van der Waals surface area (Å²) in [5.41, 5.74) is 3.73. The van der Waals surface area contributed by atoms with Crippen molar-refractivity contribution in [3.8, 4) is 11.4 Å². The molecule has 0 bridgehead atoms. The van der Waals surface area contributed by atoms with Crippen LogP contribution < -0.4 is 15.0 Å².